The first-order valence-corrected chi connectivity index (χ1v) is 21.3. The largest absolute Gasteiger partial charge is 0.394 e. The number of aryl methyl sites for hydroxylation is 2. The zero-order chi connectivity index (χ0) is 44.5. The van der Waals surface area contributed by atoms with Gasteiger partial charge in [0.25, 0.3) is 16.8 Å². The molecule has 2 aromatic heterocycles. The van der Waals surface area contributed by atoms with E-state index >= 15 is 4.57 Å². The minimum atomic E-state index is -5.09. The second-order valence-corrected chi connectivity index (χ2v) is 17.3. The number of hydrogen-bond donors (Lipinski definition) is 4. The Bertz CT molecular complexity index is 2570. The van der Waals surface area contributed by atoms with Gasteiger partial charge in [-0.1, -0.05) is 24.3 Å². The van der Waals surface area contributed by atoms with Gasteiger partial charge < -0.3 is 43.1 Å². The highest BCUT2D eigenvalue weighted by molar-refractivity contribution is 7.54. The summed E-state index contributed by atoms with van der Waals surface area (Å²) in [5.74, 6) is -4.07. The molecular weight excluding hydrogens is 842 g/mol. The Kier molecular flexibility index (Phi) is 13.2. The number of halogens is 1. The van der Waals surface area contributed by atoms with Gasteiger partial charge >= 0.3 is 19.0 Å². The van der Waals surface area contributed by atoms with Crippen LogP contribution in [0.5, 0.6) is 0 Å². The molecule has 0 radical (unpaired) electrons. The average Bonchev–Trinajstić information content (AvgIpc) is 3.84. The number of piperidine rings is 1. The van der Waals surface area contributed by atoms with Gasteiger partial charge in [0.15, 0.2) is 11.6 Å². The summed E-state index contributed by atoms with van der Waals surface area (Å²) in [5, 5.41) is 34.3. The third kappa shape index (κ3) is 9.15. The van der Waals surface area contributed by atoms with Gasteiger partial charge in [0.2, 0.25) is 0 Å². The van der Waals surface area contributed by atoms with E-state index in [0.717, 1.165) is 15.2 Å². The molecule has 8 atom stereocenters. The van der Waals surface area contributed by atoms with Gasteiger partial charge in [-0.25, -0.2) is 14.0 Å². The summed E-state index contributed by atoms with van der Waals surface area (Å²) in [6, 6.07) is 11.4. The second-order valence-electron chi connectivity index (χ2n) is 15.3. The summed E-state index contributed by atoms with van der Waals surface area (Å²) in [6.07, 6.45) is -5.45. The highest BCUT2D eigenvalue weighted by atomic mass is 31.2. The first-order valence-electron chi connectivity index (χ1n) is 19.7. The van der Waals surface area contributed by atoms with Gasteiger partial charge in [0.1, 0.15) is 36.6 Å². The van der Waals surface area contributed by atoms with Crippen molar-refractivity contribution in [2.75, 3.05) is 38.3 Å². The van der Waals surface area contributed by atoms with E-state index in [4.69, 9.17) is 28.0 Å². The number of anilines is 1. The fraction of sp³-hybridized carbons (Fsp3) is 0.487. The third-order valence-electron chi connectivity index (χ3n) is 11.3. The zero-order valence-electron chi connectivity index (χ0n) is 33.8. The smallest absolute Gasteiger partial charge is 0.364 e. The van der Waals surface area contributed by atoms with Crippen molar-refractivity contribution in [1.29, 1.82) is 0 Å². The molecule has 2 aromatic carbocycles. The molecule has 62 heavy (non-hydrogen) atoms. The standard InChI is InChI=1S/C39H46FN6O15P/c1-22-18-44(37(51)41-34(22)49)32-16-28(48)31(59-32)21-57-62(55,61-29-17-33(58-30(29)20-47)45-19-23(2)35(50)42-38(45)52)36(24-8-4-6-10-26(24)46(53)54)60-39(56-3)12-14-43(15-13-39)27-11-7-5-9-25(27)40/h4-11,18-19,28-33,36,47-48H,12-17,20-21H2,1-3H3,(H,41,49,51)(H,42,50,52)/t28-,29-,30+,31+,32+,33+,36?,62?/m0/s1. The lowest BCUT2D eigenvalue weighted by Crippen LogP contribution is -2.48. The Morgan fingerprint density at radius 2 is 1.52 bits per heavy atom. The van der Waals surface area contributed by atoms with Crippen LogP contribution in [0.1, 0.15) is 60.7 Å². The molecule has 7 rings (SSSR count). The first-order chi connectivity index (χ1) is 29.5. The SMILES string of the molecule is COC1(OC(c2ccccc2[N+](=O)[O-])P(=O)(OC[C@H]2O[C@@H](n3cc(C)c(=O)[nH]c3=O)C[C@@H]2O)O[C@H]2C[C@H](n3cc(C)c(=O)[nH]c3=O)O[C@@H]2CO)CCN(c2ccccc2F)CC1. The summed E-state index contributed by atoms with van der Waals surface area (Å²) in [4.78, 5) is 67.8. The van der Waals surface area contributed by atoms with Gasteiger partial charge in [0, 0.05) is 75.5 Å². The van der Waals surface area contributed by atoms with E-state index in [1.54, 1.807) is 23.1 Å². The van der Waals surface area contributed by atoms with Crippen molar-refractivity contribution in [3.63, 3.8) is 0 Å². The van der Waals surface area contributed by atoms with E-state index < -0.39 is 108 Å². The molecule has 23 heteroatoms. The van der Waals surface area contributed by atoms with Crippen LogP contribution in [0.2, 0.25) is 0 Å². The number of methoxy groups -OCH3 is 1. The number of rotatable bonds is 15. The van der Waals surface area contributed by atoms with Crippen LogP contribution < -0.4 is 27.4 Å². The van der Waals surface area contributed by atoms with Crippen molar-refractivity contribution < 1.29 is 52.1 Å². The number of ether oxygens (including phenoxy) is 4. The Balaban J connectivity index is 1.27. The fourth-order valence-corrected chi connectivity index (χ4v) is 9.97. The third-order valence-corrected chi connectivity index (χ3v) is 13.3. The number of para-hydroxylation sites is 2. The van der Waals surface area contributed by atoms with Crippen LogP contribution in [0, 0.1) is 29.8 Å². The molecule has 0 bridgehead atoms. The molecule has 21 nitrogen and oxygen atoms in total. The molecule has 2 unspecified atom stereocenters. The molecule has 0 spiro atoms. The molecular formula is C39H46FN6O15P. The molecule has 0 amide bonds. The number of nitro benzene ring substituents is 1. The van der Waals surface area contributed by atoms with Crippen molar-refractivity contribution >= 4 is 19.0 Å². The summed E-state index contributed by atoms with van der Waals surface area (Å²) in [5.41, 5.74) is -3.04. The van der Waals surface area contributed by atoms with E-state index in [9.17, 15) is 43.9 Å². The maximum absolute atomic E-state index is 15.9. The highest BCUT2D eigenvalue weighted by Gasteiger charge is 2.53. The van der Waals surface area contributed by atoms with Crippen LogP contribution in [0.25, 0.3) is 0 Å². The van der Waals surface area contributed by atoms with Crippen LogP contribution in [-0.4, -0.2) is 97.9 Å². The van der Waals surface area contributed by atoms with Crippen LogP contribution in [0.4, 0.5) is 15.8 Å². The van der Waals surface area contributed by atoms with Crippen LogP contribution in [-0.2, 0) is 32.6 Å². The molecule has 3 aliphatic rings. The Morgan fingerprint density at radius 3 is 2.11 bits per heavy atom. The van der Waals surface area contributed by atoms with Crippen molar-refractivity contribution in [2.24, 2.45) is 0 Å². The number of aromatic amines is 2. The zero-order valence-corrected chi connectivity index (χ0v) is 34.7. The molecule has 3 fully saturated rings. The van der Waals surface area contributed by atoms with Crippen LogP contribution in [0.15, 0.2) is 80.1 Å². The van der Waals surface area contributed by atoms with Gasteiger partial charge in [-0.15, -0.1) is 0 Å². The predicted octanol–water partition coefficient (Wildman–Crippen LogP) is 2.63. The number of aromatic nitrogens is 4. The lowest BCUT2D eigenvalue weighted by molar-refractivity contribution is -0.386. The summed E-state index contributed by atoms with van der Waals surface area (Å²) in [7, 11) is -3.76. The number of nitrogens with zero attached hydrogens (tertiary/aromatic N) is 4. The number of aliphatic hydroxyl groups excluding tert-OH is 2. The lowest BCUT2D eigenvalue weighted by Gasteiger charge is -2.44. The van der Waals surface area contributed by atoms with Gasteiger partial charge in [-0.2, -0.15) is 0 Å². The number of H-pyrrole nitrogens is 2. The van der Waals surface area contributed by atoms with Crippen molar-refractivity contribution in [2.45, 2.75) is 88.0 Å². The maximum atomic E-state index is 15.9. The Morgan fingerprint density at radius 1 is 0.935 bits per heavy atom. The monoisotopic (exact) mass is 888 g/mol. The normalized spacial score (nSPS) is 25.1. The number of aliphatic hydroxyl groups is 2. The van der Waals surface area contributed by atoms with Crippen molar-refractivity contribution in [3.05, 3.63) is 135 Å². The number of hydrogen-bond acceptors (Lipinski definition) is 16. The van der Waals surface area contributed by atoms with Gasteiger partial charge in [-0.05, 0) is 32.0 Å². The number of nitrogens with one attached hydrogen (secondary N) is 2. The minimum Gasteiger partial charge on any atom is -0.394 e. The Hall–Kier alpha value is -5.16. The highest BCUT2D eigenvalue weighted by Crippen LogP contribution is 2.66. The Labute approximate surface area is 351 Å². The molecule has 5 heterocycles. The van der Waals surface area contributed by atoms with Crippen LogP contribution in [0.3, 0.4) is 0 Å². The topological polar surface area (TPSA) is 269 Å². The summed E-state index contributed by atoms with van der Waals surface area (Å²) >= 11 is 0. The second kappa shape index (κ2) is 18.3. The van der Waals surface area contributed by atoms with Crippen LogP contribution >= 0.6 is 7.60 Å². The molecule has 334 valence electrons. The van der Waals surface area contributed by atoms with Gasteiger partial charge in [0.05, 0.1) is 35.5 Å². The predicted molar refractivity (Wildman–Crippen MR) is 215 cm³/mol. The van der Waals surface area contributed by atoms with E-state index in [-0.39, 0.29) is 55.5 Å². The number of benzene rings is 2. The molecule has 0 saturated carbocycles. The number of nitro groups is 1. The quantitative estimate of drug-likeness (QED) is 0.0578. The van der Waals surface area contributed by atoms with Gasteiger partial charge in [-0.3, -0.25) is 43.4 Å². The van der Waals surface area contributed by atoms with Crippen molar-refractivity contribution in [1.82, 2.24) is 19.1 Å². The average molecular weight is 889 g/mol. The summed E-state index contributed by atoms with van der Waals surface area (Å²) in [6.45, 7) is 1.81. The summed E-state index contributed by atoms with van der Waals surface area (Å²) < 4.78 is 70.1. The molecule has 0 aliphatic carbocycles. The maximum Gasteiger partial charge on any atom is 0.364 e. The molecule has 4 N–H and O–H groups in total. The van der Waals surface area contributed by atoms with E-state index in [0.29, 0.717) is 5.69 Å². The molecule has 3 aliphatic heterocycles. The van der Waals surface area contributed by atoms with E-state index in [1.165, 1.54) is 57.6 Å². The minimum absolute atomic E-state index is 0.0246. The van der Waals surface area contributed by atoms with E-state index in [2.05, 4.69) is 9.97 Å². The molecule has 4 aromatic rings. The molecule has 3 saturated heterocycles. The van der Waals surface area contributed by atoms with E-state index in [1.807, 2.05) is 0 Å². The lowest BCUT2D eigenvalue weighted by atomic mass is 10.0. The van der Waals surface area contributed by atoms with Crippen molar-refractivity contribution in [3.8, 4) is 0 Å². The first kappa shape index (κ1) is 44.9. The fourth-order valence-electron chi connectivity index (χ4n) is 7.83.